The summed E-state index contributed by atoms with van der Waals surface area (Å²) in [5.41, 5.74) is 1.94. The number of rotatable bonds is 7. The van der Waals surface area contributed by atoms with Crippen LogP contribution in [-0.4, -0.2) is 56.3 Å². The van der Waals surface area contributed by atoms with Gasteiger partial charge in [0.25, 0.3) is 0 Å². The maximum atomic E-state index is 5.48. The van der Waals surface area contributed by atoms with E-state index in [0.29, 0.717) is 42.6 Å². The van der Waals surface area contributed by atoms with Crippen molar-refractivity contribution in [2.45, 2.75) is 32.0 Å². The molecule has 0 unspecified atom stereocenters. The smallest absolute Gasteiger partial charge is 0.241 e. The highest BCUT2D eigenvalue weighted by Gasteiger charge is 2.25. The lowest BCUT2D eigenvalue weighted by Crippen LogP contribution is -2.42. The molecule has 1 aliphatic rings. The highest BCUT2D eigenvalue weighted by Crippen LogP contribution is 2.21. The van der Waals surface area contributed by atoms with Crippen LogP contribution in [0.25, 0.3) is 22.8 Å². The molecule has 0 radical (unpaired) electrons. The van der Waals surface area contributed by atoms with Crippen LogP contribution in [0.15, 0.2) is 69.7 Å². The van der Waals surface area contributed by atoms with Gasteiger partial charge in [0.2, 0.25) is 23.4 Å². The standard InChI is InChI=1S/C24H26N6O2/c1-29(16-21-25-23(27-31-21)18-8-4-2-5-9-18)20-12-14-30(15-13-20)17-22-26-24(28-32-22)19-10-6-3-7-11-19/h2-11,20H,12-17H2,1H3. The molecule has 3 heterocycles. The van der Waals surface area contributed by atoms with Gasteiger partial charge in [-0.05, 0) is 19.9 Å². The molecular formula is C24H26N6O2. The predicted molar refractivity (Wildman–Crippen MR) is 119 cm³/mol. The van der Waals surface area contributed by atoms with Crippen molar-refractivity contribution in [3.63, 3.8) is 0 Å². The average Bonchev–Trinajstić information content (AvgIpc) is 3.51. The average molecular weight is 431 g/mol. The molecule has 0 bridgehead atoms. The molecule has 0 amide bonds. The molecule has 5 rings (SSSR count). The molecule has 1 fully saturated rings. The Bertz CT molecular complexity index is 1120. The topological polar surface area (TPSA) is 84.3 Å². The Morgan fingerprint density at radius 1 is 0.812 bits per heavy atom. The molecule has 2 aromatic heterocycles. The van der Waals surface area contributed by atoms with E-state index in [-0.39, 0.29) is 0 Å². The quantitative estimate of drug-likeness (QED) is 0.437. The van der Waals surface area contributed by atoms with Crippen molar-refractivity contribution in [1.82, 2.24) is 30.1 Å². The molecule has 0 N–H and O–H groups in total. The monoisotopic (exact) mass is 430 g/mol. The van der Waals surface area contributed by atoms with Crippen LogP contribution in [0.2, 0.25) is 0 Å². The molecule has 8 heteroatoms. The Hall–Kier alpha value is -3.36. The molecule has 0 saturated carbocycles. The minimum absolute atomic E-state index is 0.473. The zero-order chi connectivity index (χ0) is 21.8. The molecular weight excluding hydrogens is 404 g/mol. The van der Waals surface area contributed by atoms with Crippen LogP contribution in [-0.2, 0) is 13.1 Å². The first-order chi connectivity index (χ1) is 15.7. The van der Waals surface area contributed by atoms with Crippen LogP contribution in [0, 0.1) is 0 Å². The van der Waals surface area contributed by atoms with E-state index >= 15 is 0 Å². The number of hydrogen-bond acceptors (Lipinski definition) is 8. The van der Waals surface area contributed by atoms with Gasteiger partial charge < -0.3 is 9.05 Å². The molecule has 32 heavy (non-hydrogen) atoms. The Labute approximate surface area is 186 Å². The van der Waals surface area contributed by atoms with Crippen LogP contribution in [0.4, 0.5) is 0 Å². The highest BCUT2D eigenvalue weighted by molar-refractivity contribution is 5.54. The molecule has 1 saturated heterocycles. The zero-order valence-corrected chi connectivity index (χ0v) is 18.1. The summed E-state index contributed by atoms with van der Waals surface area (Å²) < 4.78 is 11.0. The fraction of sp³-hybridized carbons (Fsp3) is 0.333. The molecule has 4 aromatic rings. The Balaban J connectivity index is 1.12. The lowest BCUT2D eigenvalue weighted by molar-refractivity contribution is 0.104. The van der Waals surface area contributed by atoms with Crippen molar-refractivity contribution >= 4 is 0 Å². The van der Waals surface area contributed by atoms with E-state index in [1.807, 2.05) is 60.7 Å². The van der Waals surface area contributed by atoms with Crippen molar-refractivity contribution in [2.75, 3.05) is 20.1 Å². The van der Waals surface area contributed by atoms with Gasteiger partial charge in [-0.1, -0.05) is 71.0 Å². The second kappa shape index (κ2) is 9.42. The minimum atomic E-state index is 0.473. The maximum absolute atomic E-state index is 5.48. The number of likely N-dealkylation sites (tertiary alicyclic amines) is 1. The van der Waals surface area contributed by atoms with E-state index in [2.05, 4.69) is 37.1 Å². The Morgan fingerprint density at radius 2 is 1.34 bits per heavy atom. The third kappa shape index (κ3) is 4.76. The van der Waals surface area contributed by atoms with Crippen LogP contribution in [0.5, 0.6) is 0 Å². The second-order valence-electron chi connectivity index (χ2n) is 8.18. The van der Waals surface area contributed by atoms with Crippen molar-refractivity contribution in [2.24, 2.45) is 0 Å². The van der Waals surface area contributed by atoms with Crippen molar-refractivity contribution < 1.29 is 9.05 Å². The maximum Gasteiger partial charge on any atom is 0.241 e. The lowest BCUT2D eigenvalue weighted by atomic mass is 10.0. The highest BCUT2D eigenvalue weighted by atomic mass is 16.5. The summed E-state index contributed by atoms with van der Waals surface area (Å²) in [6, 6.07) is 20.3. The minimum Gasteiger partial charge on any atom is -0.338 e. The van der Waals surface area contributed by atoms with E-state index in [0.717, 1.165) is 37.1 Å². The fourth-order valence-corrected chi connectivity index (χ4v) is 4.10. The third-order valence-electron chi connectivity index (χ3n) is 5.92. The first kappa shape index (κ1) is 20.5. The van der Waals surface area contributed by atoms with Gasteiger partial charge in [-0.3, -0.25) is 9.80 Å². The summed E-state index contributed by atoms with van der Waals surface area (Å²) in [5.74, 6) is 2.59. The second-order valence-corrected chi connectivity index (χ2v) is 8.18. The third-order valence-corrected chi connectivity index (χ3v) is 5.92. The SMILES string of the molecule is CN(Cc1nc(-c2ccccc2)no1)C1CCN(Cc2nc(-c3ccccc3)no2)CC1. The van der Waals surface area contributed by atoms with Gasteiger partial charge in [-0.15, -0.1) is 0 Å². The Kier molecular flexibility index (Phi) is 6.04. The molecule has 0 aliphatic carbocycles. The zero-order valence-electron chi connectivity index (χ0n) is 18.1. The summed E-state index contributed by atoms with van der Waals surface area (Å²) in [4.78, 5) is 13.8. The van der Waals surface area contributed by atoms with Crippen molar-refractivity contribution in [3.05, 3.63) is 72.4 Å². The van der Waals surface area contributed by atoms with Crippen LogP contribution < -0.4 is 0 Å². The number of benzene rings is 2. The largest absolute Gasteiger partial charge is 0.338 e. The molecule has 0 spiro atoms. The lowest BCUT2D eigenvalue weighted by Gasteiger charge is -2.35. The van der Waals surface area contributed by atoms with Crippen LogP contribution >= 0.6 is 0 Å². The van der Waals surface area contributed by atoms with Gasteiger partial charge >= 0.3 is 0 Å². The van der Waals surface area contributed by atoms with Crippen molar-refractivity contribution in [1.29, 1.82) is 0 Å². The first-order valence-electron chi connectivity index (χ1n) is 10.9. The summed E-state index contributed by atoms with van der Waals surface area (Å²) in [6.45, 7) is 3.29. The van der Waals surface area contributed by atoms with Gasteiger partial charge in [0.15, 0.2) is 0 Å². The van der Waals surface area contributed by atoms with E-state index < -0.39 is 0 Å². The predicted octanol–water partition coefficient (Wildman–Crippen LogP) is 3.88. The van der Waals surface area contributed by atoms with E-state index in [9.17, 15) is 0 Å². The van der Waals surface area contributed by atoms with Crippen LogP contribution in [0.1, 0.15) is 24.6 Å². The Morgan fingerprint density at radius 3 is 1.94 bits per heavy atom. The molecule has 2 aromatic carbocycles. The normalized spacial score (nSPS) is 15.4. The van der Waals surface area contributed by atoms with E-state index in [1.165, 1.54) is 0 Å². The summed E-state index contributed by atoms with van der Waals surface area (Å²) in [6.07, 6.45) is 2.13. The van der Waals surface area contributed by atoms with Gasteiger partial charge in [0, 0.05) is 30.3 Å². The number of nitrogens with zero attached hydrogens (tertiary/aromatic N) is 6. The van der Waals surface area contributed by atoms with E-state index in [4.69, 9.17) is 9.05 Å². The molecule has 0 atom stereocenters. The number of hydrogen-bond donors (Lipinski definition) is 0. The number of aromatic nitrogens is 4. The van der Waals surface area contributed by atoms with Gasteiger partial charge in [-0.25, -0.2) is 0 Å². The molecule has 164 valence electrons. The summed E-state index contributed by atoms with van der Waals surface area (Å²) in [7, 11) is 2.12. The fourth-order valence-electron chi connectivity index (χ4n) is 4.10. The van der Waals surface area contributed by atoms with Crippen LogP contribution in [0.3, 0.4) is 0 Å². The van der Waals surface area contributed by atoms with Gasteiger partial charge in [-0.2, -0.15) is 9.97 Å². The van der Waals surface area contributed by atoms with Gasteiger partial charge in [0.1, 0.15) is 0 Å². The summed E-state index contributed by atoms with van der Waals surface area (Å²) in [5, 5.41) is 8.24. The molecule has 8 nitrogen and oxygen atoms in total. The first-order valence-corrected chi connectivity index (χ1v) is 10.9. The molecule has 1 aliphatic heterocycles. The number of piperidine rings is 1. The van der Waals surface area contributed by atoms with E-state index in [1.54, 1.807) is 0 Å². The summed E-state index contributed by atoms with van der Waals surface area (Å²) >= 11 is 0. The van der Waals surface area contributed by atoms with Gasteiger partial charge in [0.05, 0.1) is 13.1 Å². The van der Waals surface area contributed by atoms with Crippen molar-refractivity contribution in [3.8, 4) is 22.8 Å².